The van der Waals surface area contributed by atoms with Crippen LogP contribution in [-0.4, -0.2) is 35.8 Å². The normalized spacial score (nSPS) is 15.8. The largest absolute Gasteiger partial charge is 0.354 e. The van der Waals surface area contributed by atoms with E-state index in [1.165, 1.54) is 11.3 Å². The van der Waals surface area contributed by atoms with E-state index in [0.717, 1.165) is 10.1 Å². The van der Waals surface area contributed by atoms with Gasteiger partial charge in [0.25, 0.3) is 5.91 Å². The molecule has 25 heavy (non-hydrogen) atoms. The number of carbonyl (C=O) groups is 2. The average Bonchev–Trinajstić information content (AvgIpc) is 2.92. The molecule has 0 bridgehead atoms. The van der Waals surface area contributed by atoms with Gasteiger partial charge in [0, 0.05) is 35.1 Å². The predicted octanol–water partition coefficient (Wildman–Crippen LogP) is 4.58. The van der Waals surface area contributed by atoms with E-state index in [1.807, 2.05) is 26.0 Å². The first-order valence-corrected chi connectivity index (χ1v) is 9.92. The molecule has 1 aromatic carbocycles. The van der Waals surface area contributed by atoms with Crippen molar-refractivity contribution in [1.29, 1.82) is 0 Å². The maximum absolute atomic E-state index is 12.9. The van der Waals surface area contributed by atoms with Crippen LogP contribution in [0.3, 0.4) is 0 Å². The van der Waals surface area contributed by atoms with Crippen molar-refractivity contribution in [2.75, 3.05) is 13.1 Å². The molecule has 3 rings (SSSR count). The van der Waals surface area contributed by atoms with Crippen molar-refractivity contribution in [2.45, 2.75) is 32.7 Å². The van der Waals surface area contributed by atoms with Gasteiger partial charge in [-0.1, -0.05) is 29.3 Å². The number of hydrogen-bond donors (Lipinski definition) is 1. The fourth-order valence-corrected chi connectivity index (χ4v) is 5.02. The highest BCUT2D eigenvalue weighted by atomic mass is 35.5. The van der Waals surface area contributed by atoms with Crippen molar-refractivity contribution < 1.29 is 9.59 Å². The van der Waals surface area contributed by atoms with Gasteiger partial charge in [0.15, 0.2) is 0 Å². The number of rotatable bonds is 3. The average molecular weight is 399 g/mol. The maximum atomic E-state index is 12.9. The number of amides is 2. The van der Waals surface area contributed by atoms with Crippen molar-refractivity contribution in [1.82, 2.24) is 10.2 Å². The van der Waals surface area contributed by atoms with Crippen molar-refractivity contribution in [3.05, 3.63) is 33.1 Å². The van der Waals surface area contributed by atoms with Crippen LogP contribution in [0.2, 0.25) is 10.0 Å². The number of nitrogens with zero attached hydrogens (tertiary/aromatic N) is 1. The summed E-state index contributed by atoms with van der Waals surface area (Å²) < 4.78 is 0.909. The molecule has 1 aliphatic heterocycles. The molecule has 0 unspecified atom stereocenters. The Morgan fingerprint density at radius 3 is 2.52 bits per heavy atom. The van der Waals surface area contributed by atoms with E-state index in [0.29, 0.717) is 40.9 Å². The molecule has 1 N–H and O–H groups in total. The number of benzene rings is 1. The Bertz CT molecular complexity index is 811. The second-order valence-corrected chi connectivity index (χ2v) is 8.43. The van der Waals surface area contributed by atoms with Crippen LogP contribution in [0.4, 0.5) is 0 Å². The number of halogens is 2. The van der Waals surface area contributed by atoms with E-state index in [-0.39, 0.29) is 23.8 Å². The molecule has 1 saturated heterocycles. The fraction of sp³-hybridized carbons (Fsp3) is 0.444. The van der Waals surface area contributed by atoms with Crippen LogP contribution in [0, 0.1) is 5.92 Å². The minimum absolute atomic E-state index is 0.0289. The second kappa shape index (κ2) is 7.52. The van der Waals surface area contributed by atoms with Gasteiger partial charge in [0.05, 0.1) is 10.0 Å². The Hall–Kier alpha value is -1.30. The number of hydrogen-bond acceptors (Lipinski definition) is 3. The van der Waals surface area contributed by atoms with Gasteiger partial charge in [-0.3, -0.25) is 9.59 Å². The number of carbonyl (C=O) groups excluding carboxylic acids is 2. The van der Waals surface area contributed by atoms with Gasteiger partial charge in [-0.2, -0.15) is 0 Å². The molecular formula is C18H20Cl2N2O2S. The minimum Gasteiger partial charge on any atom is -0.354 e. The first-order valence-electron chi connectivity index (χ1n) is 8.34. The maximum Gasteiger partial charge on any atom is 0.265 e. The number of fused-ring (bicyclic) bond motifs is 1. The first kappa shape index (κ1) is 18.5. The van der Waals surface area contributed by atoms with E-state index < -0.39 is 0 Å². The van der Waals surface area contributed by atoms with Gasteiger partial charge in [-0.25, -0.2) is 0 Å². The minimum atomic E-state index is -0.0787. The lowest BCUT2D eigenvalue weighted by Crippen LogP contribution is -2.44. The molecule has 2 aromatic rings. The van der Waals surface area contributed by atoms with Gasteiger partial charge < -0.3 is 10.2 Å². The Morgan fingerprint density at radius 2 is 1.92 bits per heavy atom. The Balaban J connectivity index is 1.72. The van der Waals surface area contributed by atoms with E-state index in [4.69, 9.17) is 23.2 Å². The summed E-state index contributed by atoms with van der Waals surface area (Å²) in [4.78, 5) is 27.3. The molecule has 7 heteroatoms. The summed E-state index contributed by atoms with van der Waals surface area (Å²) in [7, 11) is 0. The first-order chi connectivity index (χ1) is 11.9. The zero-order chi connectivity index (χ0) is 18.1. The van der Waals surface area contributed by atoms with Gasteiger partial charge in [-0.05, 0) is 38.8 Å². The smallest absolute Gasteiger partial charge is 0.265 e. The quantitative estimate of drug-likeness (QED) is 0.821. The molecule has 0 radical (unpaired) electrons. The highest BCUT2D eigenvalue weighted by Gasteiger charge is 2.30. The summed E-state index contributed by atoms with van der Waals surface area (Å²) in [5.41, 5.74) is 0. The van der Waals surface area contributed by atoms with Gasteiger partial charge in [0.2, 0.25) is 5.91 Å². The summed E-state index contributed by atoms with van der Waals surface area (Å²) in [6, 6.07) is 5.67. The van der Waals surface area contributed by atoms with Crippen LogP contribution in [0.5, 0.6) is 0 Å². The van der Waals surface area contributed by atoms with Crippen LogP contribution in [0.15, 0.2) is 18.2 Å². The van der Waals surface area contributed by atoms with Crippen molar-refractivity contribution >= 4 is 56.4 Å². The molecule has 4 nitrogen and oxygen atoms in total. The molecule has 1 fully saturated rings. The zero-order valence-electron chi connectivity index (χ0n) is 14.1. The fourth-order valence-electron chi connectivity index (χ4n) is 3.10. The van der Waals surface area contributed by atoms with Crippen molar-refractivity contribution in [3.63, 3.8) is 0 Å². The van der Waals surface area contributed by atoms with Crippen LogP contribution in [-0.2, 0) is 4.79 Å². The summed E-state index contributed by atoms with van der Waals surface area (Å²) in [6.07, 6.45) is 1.35. The second-order valence-electron chi connectivity index (χ2n) is 6.59. The monoisotopic (exact) mass is 398 g/mol. The number of thiophene rings is 1. The highest BCUT2D eigenvalue weighted by molar-refractivity contribution is 7.21. The number of likely N-dealkylation sites (tertiary alicyclic amines) is 1. The lowest BCUT2D eigenvalue weighted by atomic mass is 9.95. The molecule has 2 amide bonds. The molecule has 1 aliphatic rings. The highest BCUT2D eigenvalue weighted by Crippen LogP contribution is 2.40. The van der Waals surface area contributed by atoms with Crippen molar-refractivity contribution in [2.24, 2.45) is 5.92 Å². The van der Waals surface area contributed by atoms with Gasteiger partial charge in [0.1, 0.15) is 4.88 Å². The Labute approximate surface area is 161 Å². The third kappa shape index (κ3) is 3.78. The van der Waals surface area contributed by atoms with Crippen LogP contribution in [0.25, 0.3) is 10.1 Å². The van der Waals surface area contributed by atoms with E-state index in [9.17, 15) is 9.59 Å². The number of nitrogens with one attached hydrogen (secondary N) is 1. The standard InChI is InChI=1S/C18H20Cl2N2O2S/c1-10(2)21-17(23)11-6-8-22(9-7-11)18(24)16-15(20)14-12(19)4-3-5-13(14)25-16/h3-5,10-11H,6-9H2,1-2H3,(H,21,23). The summed E-state index contributed by atoms with van der Waals surface area (Å²) in [5, 5.41) is 4.67. The molecular weight excluding hydrogens is 379 g/mol. The molecule has 134 valence electrons. The molecule has 2 heterocycles. The van der Waals surface area contributed by atoms with Gasteiger partial charge in [-0.15, -0.1) is 11.3 Å². The van der Waals surface area contributed by atoms with E-state index in [2.05, 4.69) is 5.32 Å². The van der Waals surface area contributed by atoms with Crippen LogP contribution in [0.1, 0.15) is 36.4 Å². The van der Waals surface area contributed by atoms with Gasteiger partial charge >= 0.3 is 0 Å². The topological polar surface area (TPSA) is 49.4 Å². The Kier molecular flexibility index (Phi) is 5.56. The van der Waals surface area contributed by atoms with Crippen LogP contribution < -0.4 is 5.32 Å². The summed E-state index contributed by atoms with van der Waals surface area (Å²) in [6.45, 7) is 5.02. The predicted molar refractivity (Wildman–Crippen MR) is 104 cm³/mol. The molecule has 0 aliphatic carbocycles. The molecule has 0 atom stereocenters. The number of piperidine rings is 1. The van der Waals surface area contributed by atoms with E-state index >= 15 is 0 Å². The summed E-state index contributed by atoms with van der Waals surface area (Å²) in [5.74, 6) is -0.0301. The lowest BCUT2D eigenvalue weighted by molar-refractivity contribution is -0.126. The third-order valence-electron chi connectivity index (χ3n) is 4.38. The molecule has 0 spiro atoms. The zero-order valence-corrected chi connectivity index (χ0v) is 16.5. The van der Waals surface area contributed by atoms with E-state index in [1.54, 1.807) is 11.0 Å². The third-order valence-corrected chi connectivity index (χ3v) is 6.33. The van der Waals surface area contributed by atoms with Crippen LogP contribution >= 0.6 is 34.5 Å². The SMILES string of the molecule is CC(C)NC(=O)C1CCN(C(=O)c2sc3cccc(Cl)c3c2Cl)CC1. The lowest BCUT2D eigenvalue weighted by Gasteiger charge is -2.31. The molecule has 1 aromatic heterocycles. The Morgan fingerprint density at radius 1 is 1.24 bits per heavy atom. The molecule has 0 saturated carbocycles. The summed E-state index contributed by atoms with van der Waals surface area (Å²) >= 11 is 14.0. The van der Waals surface area contributed by atoms with Crippen molar-refractivity contribution in [3.8, 4) is 0 Å².